The fraction of sp³-hybridized carbons (Fsp3) is 0.333. The van der Waals surface area contributed by atoms with Crippen molar-refractivity contribution in [2.24, 2.45) is 0 Å². The molecule has 1 heterocycles. The Bertz CT molecular complexity index is 487. The predicted molar refractivity (Wildman–Crippen MR) is 66.1 cm³/mol. The molecule has 2 aromatic rings. The van der Waals surface area contributed by atoms with Gasteiger partial charge in [-0.05, 0) is 21.5 Å². The molecule has 80 valence electrons. The number of rotatable bonds is 2. The van der Waals surface area contributed by atoms with Crippen molar-refractivity contribution in [1.82, 2.24) is 4.98 Å². The number of halogens is 1. The minimum absolute atomic E-state index is 0.142. The Morgan fingerprint density at radius 3 is 2.80 bits per heavy atom. The number of benzene rings is 1. The van der Waals surface area contributed by atoms with E-state index in [1.807, 2.05) is 26.1 Å². The first-order valence-corrected chi connectivity index (χ1v) is 5.72. The number of hydrogen-bond acceptors (Lipinski definition) is 1. The van der Waals surface area contributed by atoms with Gasteiger partial charge in [-0.2, -0.15) is 0 Å². The monoisotopic (exact) mass is 267 g/mol. The molecule has 2 rings (SSSR count). The Kier molecular flexibility index (Phi) is 2.61. The molecule has 0 aliphatic rings. The topological polar surface area (TPSA) is 36.0 Å². The molecule has 0 atom stereocenters. The highest BCUT2D eigenvalue weighted by molar-refractivity contribution is 9.10. The molecule has 3 heteroatoms. The summed E-state index contributed by atoms with van der Waals surface area (Å²) < 4.78 is 1.06. The first-order valence-electron chi connectivity index (χ1n) is 4.93. The zero-order chi connectivity index (χ0) is 11.1. The van der Waals surface area contributed by atoms with Gasteiger partial charge in [0.05, 0.1) is 12.1 Å². The summed E-state index contributed by atoms with van der Waals surface area (Å²) in [5.74, 6) is 0. The predicted octanol–water partition coefficient (Wildman–Crippen LogP) is 3.20. The maximum atomic E-state index is 9.39. The summed E-state index contributed by atoms with van der Waals surface area (Å²) in [6.45, 7) is 4.22. The van der Waals surface area contributed by atoms with E-state index in [0.717, 1.165) is 20.9 Å². The van der Waals surface area contributed by atoms with E-state index in [-0.39, 0.29) is 12.0 Å². The number of para-hydroxylation sites is 1. The minimum atomic E-state index is -0.218. The van der Waals surface area contributed by atoms with Crippen LogP contribution >= 0.6 is 15.9 Å². The lowest BCUT2D eigenvalue weighted by atomic mass is 9.84. The van der Waals surface area contributed by atoms with E-state index in [1.165, 1.54) is 0 Å². The van der Waals surface area contributed by atoms with E-state index in [1.54, 1.807) is 0 Å². The van der Waals surface area contributed by atoms with E-state index in [4.69, 9.17) is 0 Å². The van der Waals surface area contributed by atoms with Crippen LogP contribution in [0.1, 0.15) is 19.4 Å². The van der Waals surface area contributed by atoms with Gasteiger partial charge in [0.25, 0.3) is 0 Å². The standard InChI is InChI=1S/C12H14BrNO/c1-12(2,7-15)9-5-3-4-8-10(13)6-14-11(8)9/h3-6,14-15H,7H2,1-2H3. The molecule has 0 spiro atoms. The van der Waals surface area contributed by atoms with E-state index in [0.29, 0.717) is 0 Å². The van der Waals surface area contributed by atoms with Crippen molar-refractivity contribution in [1.29, 1.82) is 0 Å². The largest absolute Gasteiger partial charge is 0.395 e. The molecule has 2 N–H and O–H groups in total. The van der Waals surface area contributed by atoms with Gasteiger partial charge in [0, 0.05) is 21.5 Å². The summed E-state index contributed by atoms with van der Waals surface area (Å²) >= 11 is 3.50. The molecule has 0 bridgehead atoms. The van der Waals surface area contributed by atoms with Crippen LogP contribution in [0.25, 0.3) is 10.9 Å². The van der Waals surface area contributed by atoms with Crippen LogP contribution in [0.3, 0.4) is 0 Å². The van der Waals surface area contributed by atoms with Crippen molar-refractivity contribution >= 4 is 26.8 Å². The van der Waals surface area contributed by atoms with Crippen LogP contribution in [0.2, 0.25) is 0 Å². The zero-order valence-electron chi connectivity index (χ0n) is 8.84. The summed E-state index contributed by atoms with van der Waals surface area (Å²) in [7, 11) is 0. The molecule has 0 aliphatic heterocycles. The van der Waals surface area contributed by atoms with Gasteiger partial charge in [0.2, 0.25) is 0 Å². The summed E-state index contributed by atoms with van der Waals surface area (Å²) in [6, 6.07) is 6.14. The number of H-pyrrole nitrogens is 1. The molecule has 0 fully saturated rings. The number of fused-ring (bicyclic) bond motifs is 1. The van der Waals surface area contributed by atoms with Crippen molar-refractivity contribution in [2.45, 2.75) is 19.3 Å². The third-order valence-electron chi connectivity index (χ3n) is 2.79. The smallest absolute Gasteiger partial charge is 0.0523 e. The Balaban J connectivity index is 2.71. The first-order chi connectivity index (χ1) is 7.06. The van der Waals surface area contributed by atoms with E-state index < -0.39 is 0 Å². The van der Waals surface area contributed by atoms with Crippen LogP contribution in [0.5, 0.6) is 0 Å². The lowest BCUT2D eigenvalue weighted by Crippen LogP contribution is -2.22. The van der Waals surface area contributed by atoms with Gasteiger partial charge in [-0.3, -0.25) is 0 Å². The van der Waals surface area contributed by atoms with Crippen LogP contribution in [0.4, 0.5) is 0 Å². The van der Waals surface area contributed by atoms with Crippen LogP contribution in [0, 0.1) is 0 Å². The van der Waals surface area contributed by atoms with E-state index in [9.17, 15) is 5.11 Å². The van der Waals surface area contributed by atoms with Gasteiger partial charge in [0.15, 0.2) is 0 Å². The van der Waals surface area contributed by atoms with Gasteiger partial charge in [-0.25, -0.2) is 0 Å². The summed E-state index contributed by atoms with van der Waals surface area (Å²) in [5.41, 5.74) is 2.03. The molecule has 1 aromatic carbocycles. The van der Waals surface area contributed by atoms with Crippen molar-refractivity contribution in [3.05, 3.63) is 34.4 Å². The second kappa shape index (κ2) is 3.65. The number of aromatic nitrogens is 1. The third kappa shape index (κ3) is 1.70. The maximum Gasteiger partial charge on any atom is 0.0523 e. The molecule has 1 aromatic heterocycles. The van der Waals surface area contributed by atoms with E-state index >= 15 is 0 Å². The molecular formula is C12H14BrNO. The second-order valence-corrected chi connectivity index (χ2v) is 5.26. The second-order valence-electron chi connectivity index (χ2n) is 4.41. The number of hydrogen-bond donors (Lipinski definition) is 2. The lowest BCUT2D eigenvalue weighted by molar-refractivity contribution is 0.219. The molecule has 0 unspecified atom stereocenters. The van der Waals surface area contributed by atoms with Gasteiger partial charge < -0.3 is 10.1 Å². The normalized spacial score (nSPS) is 12.3. The fourth-order valence-corrected chi connectivity index (χ4v) is 2.21. The Hall–Kier alpha value is -0.800. The van der Waals surface area contributed by atoms with Gasteiger partial charge in [-0.1, -0.05) is 32.0 Å². The quantitative estimate of drug-likeness (QED) is 0.862. The number of nitrogens with one attached hydrogen (secondary N) is 1. The average molecular weight is 268 g/mol. The SMILES string of the molecule is CC(C)(CO)c1cccc2c(Br)c[nH]c12. The minimum Gasteiger partial charge on any atom is -0.395 e. The number of aromatic amines is 1. The van der Waals surface area contributed by atoms with Crippen LogP contribution < -0.4 is 0 Å². The Morgan fingerprint density at radius 1 is 1.40 bits per heavy atom. The molecule has 0 saturated carbocycles. The Morgan fingerprint density at radius 2 is 2.13 bits per heavy atom. The van der Waals surface area contributed by atoms with Crippen molar-refractivity contribution < 1.29 is 5.11 Å². The third-order valence-corrected chi connectivity index (χ3v) is 3.45. The molecule has 0 aliphatic carbocycles. The van der Waals surface area contributed by atoms with Crippen LogP contribution in [-0.4, -0.2) is 16.7 Å². The molecule has 15 heavy (non-hydrogen) atoms. The van der Waals surface area contributed by atoms with Crippen molar-refractivity contribution in [3.8, 4) is 0 Å². The maximum absolute atomic E-state index is 9.39. The molecule has 0 radical (unpaired) electrons. The van der Waals surface area contributed by atoms with E-state index in [2.05, 4.69) is 33.0 Å². The van der Waals surface area contributed by atoms with Crippen molar-refractivity contribution in [3.63, 3.8) is 0 Å². The molecule has 2 nitrogen and oxygen atoms in total. The fourth-order valence-electron chi connectivity index (χ4n) is 1.77. The zero-order valence-corrected chi connectivity index (χ0v) is 10.4. The Labute approximate surface area is 97.4 Å². The van der Waals surface area contributed by atoms with Gasteiger partial charge in [0.1, 0.15) is 0 Å². The summed E-state index contributed by atoms with van der Waals surface area (Å²) in [6.07, 6.45) is 1.93. The molecule has 0 amide bonds. The number of aliphatic hydroxyl groups excluding tert-OH is 1. The highest BCUT2D eigenvalue weighted by Gasteiger charge is 2.22. The lowest BCUT2D eigenvalue weighted by Gasteiger charge is -2.22. The highest BCUT2D eigenvalue weighted by atomic mass is 79.9. The van der Waals surface area contributed by atoms with Crippen LogP contribution in [0.15, 0.2) is 28.9 Å². The highest BCUT2D eigenvalue weighted by Crippen LogP contribution is 2.32. The van der Waals surface area contributed by atoms with Gasteiger partial charge in [-0.15, -0.1) is 0 Å². The first kappa shape index (κ1) is 10.7. The molecular weight excluding hydrogens is 254 g/mol. The summed E-state index contributed by atoms with van der Waals surface area (Å²) in [5, 5.41) is 10.5. The summed E-state index contributed by atoms with van der Waals surface area (Å²) in [4.78, 5) is 3.24. The molecule has 0 saturated heterocycles. The van der Waals surface area contributed by atoms with Gasteiger partial charge >= 0.3 is 0 Å². The van der Waals surface area contributed by atoms with Crippen LogP contribution in [-0.2, 0) is 5.41 Å². The average Bonchev–Trinajstić information content (AvgIpc) is 2.60. The van der Waals surface area contributed by atoms with Crippen molar-refractivity contribution in [2.75, 3.05) is 6.61 Å². The number of aliphatic hydroxyl groups is 1.